The van der Waals surface area contributed by atoms with E-state index in [1.54, 1.807) is 10.3 Å². The van der Waals surface area contributed by atoms with E-state index in [0.29, 0.717) is 25.3 Å². The maximum absolute atomic E-state index is 12.1. The van der Waals surface area contributed by atoms with E-state index >= 15 is 0 Å². The van der Waals surface area contributed by atoms with E-state index in [1.807, 2.05) is 0 Å². The number of carbonyl (C=O) groups is 2. The molecule has 3 rings (SSSR count). The van der Waals surface area contributed by atoms with Crippen LogP contribution in [0.4, 0.5) is 0 Å². The summed E-state index contributed by atoms with van der Waals surface area (Å²) in [5.74, 6) is -0.152. The Morgan fingerprint density at radius 3 is 2.84 bits per heavy atom. The van der Waals surface area contributed by atoms with Crippen LogP contribution in [0.3, 0.4) is 0 Å². The second-order valence-corrected chi connectivity index (χ2v) is 5.44. The van der Waals surface area contributed by atoms with Crippen LogP contribution in [-0.2, 0) is 9.53 Å². The van der Waals surface area contributed by atoms with Crippen molar-refractivity contribution < 1.29 is 14.3 Å². The number of piperidine rings is 1. The van der Waals surface area contributed by atoms with Crippen molar-refractivity contribution in [1.82, 2.24) is 19.8 Å². The van der Waals surface area contributed by atoms with Crippen molar-refractivity contribution in [3.63, 3.8) is 0 Å². The third kappa shape index (κ3) is 2.45. The number of aromatic nitrogens is 2. The number of hydrogen-bond acceptors (Lipinski definition) is 6. The highest BCUT2D eigenvalue weighted by molar-refractivity contribution is 7.03. The van der Waals surface area contributed by atoms with Crippen LogP contribution < -0.4 is 5.32 Å². The molecule has 0 aliphatic carbocycles. The standard InChI is InChI=1S/C11H14N4O3S/c16-9-5-18-11(7-12-9)1-3-15(4-2-11)10(17)8-6-19-14-13-8/h6H,1-5,7H2,(H,12,16). The summed E-state index contributed by atoms with van der Waals surface area (Å²) >= 11 is 1.17. The van der Waals surface area contributed by atoms with Gasteiger partial charge in [0, 0.05) is 25.0 Å². The lowest BCUT2D eigenvalue weighted by Crippen LogP contribution is -2.58. The van der Waals surface area contributed by atoms with Crippen LogP contribution in [0.1, 0.15) is 23.3 Å². The van der Waals surface area contributed by atoms with Gasteiger partial charge in [-0.05, 0) is 24.4 Å². The zero-order chi connectivity index (χ0) is 13.3. The van der Waals surface area contributed by atoms with Gasteiger partial charge in [-0.3, -0.25) is 9.59 Å². The summed E-state index contributed by atoms with van der Waals surface area (Å²) in [5.41, 5.74) is 0.101. The molecular formula is C11H14N4O3S. The SMILES string of the molecule is O=C1COC2(CCN(C(=O)c3csnn3)CC2)CN1. The topological polar surface area (TPSA) is 84.4 Å². The highest BCUT2D eigenvalue weighted by atomic mass is 32.1. The summed E-state index contributed by atoms with van der Waals surface area (Å²) in [6.07, 6.45) is 1.47. The maximum Gasteiger partial charge on any atom is 0.275 e. The Morgan fingerprint density at radius 1 is 1.47 bits per heavy atom. The first-order chi connectivity index (χ1) is 9.19. The van der Waals surface area contributed by atoms with E-state index in [4.69, 9.17) is 4.74 Å². The van der Waals surface area contributed by atoms with Crippen molar-refractivity contribution in [3.8, 4) is 0 Å². The number of carbonyl (C=O) groups excluding carboxylic acids is 2. The molecule has 0 saturated carbocycles. The van der Waals surface area contributed by atoms with Crippen molar-refractivity contribution in [2.24, 2.45) is 0 Å². The van der Waals surface area contributed by atoms with Crippen LogP contribution >= 0.6 is 11.5 Å². The minimum absolute atomic E-state index is 0.0716. The molecule has 19 heavy (non-hydrogen) atoms. The largest absolute Gasteiger partial charge is 0.363 e. The lowest BCUT2D eigenvalue weighted by Gasteiger charge is -2.43. The molecule has 1 aromatic heterocycles. The number of rotatable bonds is 1. The van der Waals surface area contributed by atoms with Crippen molar-refractivity contribution in [1.29, 1.82) is 0 Å². The molecule has 2 saturated heterocycles. The Bertz CT molecular complexity index is 470. The quantitative estimate of drug-likeness (QED) is 0.761. The summed E-state index contributed by atoms with van der Waals surface area (Å²) in [6, 6.07) is 0. The molecule has 0 radical (unpaired) electrons. The first-order valence-electron chi connectivity index (χ1n) is 6.16. The molecule has 2 aliphatic heterocycles. The van der Waals surface area contributed by atoms with E-state index in [-0.39, 0.29) is 24.0 Å². The fourth-order valence-electron chi connectivity index (χ4n) is 2.44. The monoisotopic (exact) mass is 282 g/mol. The summed E-state index contributed by atoms with van der Waals surface area (Å²) in [5, 5.41) is 8.28. The van der Waals surface area contributed by atoms with Gasteiger partial charge in [-0.2, -0.15) is 0 Å². The average Bonchev–Trinajstić information content (AvgIpc) is 2.97. The van der Waals surface area contributed by atoms with Crippen LogP contribution in [0, 0.1) is 0 Å². The molecule has 0 unspecified atom stereocenters. The zero-order valence-corrected chi connectivity index (χ0v) is 11.1. The van der Waals surface area contributed by atoms with E-state index in [0.717, 1.165) is 12.8 Å². The maximum atomic E-state index is 12.1. The van der Waals surface area contributed by atoms with E-state index in [9.17, 15) is 9.59 Å². The van der Waals surface area contributed by atoms with Gasteiger partial charge in [0.1, 0.15) is 6.61 Å². The number of morpholine rings is 1. The minimum atomic E-state index is -0.301. The summed E-state index contributed by atoms with van der Waals surface area (Å²) in [4.78, 5) is 25.0. The van der Waals surface area contributed by atoms with Crippen LogP contribution in [0.15, 0.2) is 5.38 Å². The van der Waals surface area contributed by atoms with Gasteiger partial charge in [0.05, 0.1) is 5.60 Å². The fraction of sp³-hybridized carbons (Fsp3) is 0.636. The number of likely N-dealkylation sites (tertiary alicyclic amines) is 1. The molecule has 102 valence electrons. The van der Waals surface area contributed by atoms with Crippen LogP contribution in [-0.4, -0.2) is 58.1 Å². The predicted octanol–water partition coefficient (Wildman–Crippen LogP) is -0.341. The number of hydrogen-bond donors (Lipinski definition) is 1. The molecule has 2 aliphatic rings. The van der Waals surface area contributed by atoms with Gasteiger partial charge in [0.15, 0.2) is 5.69 Å². The van der Waals surface area contributed by atoms with Gasteiger partial charge < -0.3 is 15.0 Å². The zero-order valence-electron chi connectivity index (χ0n) is 10.3. The Labute approximate surface area is 114 Å². The molecule has 0 atom stereocenters. The van der Waals surface area contributed by atoms with E-state index in [1.165, 1.54) is 11.5 Å². The first-order valence-corrected chi connectivity index (χ1v) is 6.99. The van der Waals surface area contributed by atoms with Crippen molar-refractivity contribution in [2.45, 2.75) is 18.4 Å². The summed E-state index contributed by atoms with van der Waals surface area (Å²) in [7, 11) is 0. The van der Waals surface area contributed by atoms with Gasteiger partial charge >= 0.3 is 0 Å². The third-order valence-corrected chi connectivity index (χ3v) is 4.16. The molecule has 2 amide bonds. The number of nitrogens with one attached hydrogen (secondary N) is 1. The summed E-state index contributed by atoms with van der Waals surface area (Å²) < 4.78 is 9.36. The first kappa shape index (κ1) is 12.5. The fourth-order valence-corrected chi connectivity index (χ4v) is 2.87. The summed E-state index contributed by atoms with van der Waals surface area (Å²) in [6.45, 7) is 1.88. The Balaban J connectivity index is 1.60. The molecule has 1 spiro atoms. The van der Waals surface area contributed by atoms with Gasteiger partial charge in [-0.15, -0.1) is 5.10 Å². The molecule has 3 heterocycles. The molecule has 0 bridgehead atoms. The Morgan fingerprint density at radius 2 is 2.26 bits per heavy atom. The minimum Gasteiger partial charge on any atom is -0.363 e. The Hall–Kier alpha value is -1.54. The van der Waals surface area contributed by atoms with Gasteiger partial charge in [0.25, 0.3) is 5.91 Å². The highest BCUT2D eigenvalue weighted by Crippen LogP contribution is 2.28. The number of ether oxygens (including phenoxy) is 1. The molecule has 1 aromatic rings. The molecule has 2 fully saturated rings. The second kappa shape index (κ2) is 4.86. The Kier molecular flexibility index (Phi) is 3.19. The van der Waals surface area contributed by atoms with Crippen molar-refractivity contribution in [3.05, 3.63) is 11.1 Å². The van der Waals surface area contributed by atoms with Gasteiger partial charge in [0.2, 0.25) is 5.91 Å². The van der Waals surface area contributed by atoms with Gasteiger partial charge in [-0.25, -0.2) is 0 Å². The van der Waals surface area contributed by atoms with Gasteiger partial charge in [-0.1, -0.05) is 4.49 Å². The molecule has 0 aromatic carbocycles. The normalized spacial score (nSPS) is 22.3. The highest BCUT2D eigenvalue weighted by Gasteiger charge is 2.40. The smallest absolute Gasteiger partial charge is 0.275 e. The third-order valence-electron chi connectivity index (χ3n) is 3.66. The lowest BCUT2D eigenvalue weighted by molar-refractivity contribution is -0.149. The van der Waals surface area contributed by atoms with Crippen LogP contribution in [0.2, 0.25) is 0 Å². The van der Waals surface area contributed by atoms with E-state index < -0.39 is 0 Å². The molecule has 1 N–H and O–H groups in total. The molecule has 8 heteroatoms. The number of amides is 2. The van der Waals surface area contributed by atoms with E-state index in [2.05, 4.69) is 14.9 Å². The van der Waals surface area contributed by atoms with Crippen LogP contribution in [0.5, 0.6) is 0 Å². The molecule has 7 nitrogen and oxygen atoms in total. The van der Waals surface area contributed by atoms with Crippen LogP contribution in [0.25, 0.3) is 0 Å². The van der Waals surface area contributed by atoms with Crippen molar-refractivity contribution in [2.75, 3.05) is 26.2 Å². The van der Waals surface area contributed by atoms with Crippen molar-refractivity contribution >= 4 is 23.3 Å². The molecular weight excluding hydrogens is 268 g/mol. The number of nitrogens with zero attached hydrogens (tertiary/aromatic N) is 3. The second-order valence-electron chi connectivity index (χ2n) is 4.83. The average molecular weight is 282 g/mol. The lowest BCUT2D eigenvalue weighted by atomic mass is 9.90. The predicted molar refractivity (Wildman–Crippen MR) is 66.7 cm³/mol.